The number of carbonyl (C=O) groups excluding carboxylic acids is 1. The lowest BCUT2D eigenvalue weighted by Gasteiger charge is -2.10. The Balaban J connectivity index is 1.90. The van der Waals surface area contributed by atoms with Crippen molar-refractivity contribution in [2.45, 2.75) is 6.92 Å². The van der Waals surface area contributed by atoms with E-state index in [2.05, 4.69) is 26.6 Å². The van der Waals surface area contributed by atoms with Crippen molar-refractivity contribution in [1.29, 1.82) is 0 Å². The lowest BCUT2D eigenvalue weighted by Crippen LogP contribution is -2.21. The predicted molar refractivity (Wildman–Crippen MR) is 89.0 cm³/mol. The molecule has 5 heteroatoms. The Bertz CT molecular complexity index is 644. The molecule has 2 aromatic rings. The lowest BCUT2D eigenvalue weighted by atomic mass is 10.2. The van der Waals surface area contributed by atoms with Gasteiger partial charge in [0.25, 0.3) is 0 Å². The number of ether oxygens (including phenoxy) is 1. The third-order valence-corrected chi connectivity index (χ3v) is 3.53. The average molecular weight is 349 g/mol. The number of carbonyl (C=O) groups is 1. The molecule has 21 heavy (non-hydrogen) atoms. The Kier molecular flexibility index (Phi) is 5.22. The molecule has 0 aliphatic carbocycles. The molecule has 4 nitrogen and oxygen atoms in total. The highest BCUT2D eigenvalue weighted by Gasteiger charge is 2.04. The number of hydrogen-bond acceptors (Lipinski definition) is 3. The normalized spacial score (nSPS) is 10.0. The van der Waals surface area contributed by atoms with Crippen molar-refractivity contribution in [3.05, 3.63) is 52.5 Å². The molecule has 0 aliphatic rings. The van der Waals surface area contributed by atoms with E-state index in [0.717, 1.165) is 27.2 Å². The van der Waals surface area contributed by atoms with Crippen LogP contribution in [0.25, 0.3) is 0 Å². The molecule has 0 unspecified atom stereocenters. The van der Waals surface area contributed by atoms with Crippen LogP contribution in [0.15, 0.2) is 46.9 Å². The van der Waals surface area contributed by atoms with Crippen molar-refractivity contribution in [3.63, 3.8) is 0 Å². The number of nitrogens with one attached hydrogen (secondary N) is 2. The van der Waals surface area contributed by atoms with Gasteiger partial charge in [0.1, 0.15) is 5.75 Å². The van der Waals surface area contributed by atoms with E-state index in [1.54, 1.807) is 7.11 Å². The van der Waals surface area contributed by atoms with Crippen molar-refractivity contribution in [1.82, 2.24) is 0 Å². The first-order chi connectivity index (χ1) is 10.1. The first-order valence-corrected chi connectivity index (χ1v) is 7.31. The molecule has 2 aromatic carbocycles. The van der Waals surface area contributed by atoms with Gasteiger partial charge >= 0.3 is 0 Å². The molecule has 0 aromatic heterocycles. The van der Waals surface area contributed by atoms with Crippen molar-refractivity contribution in [2.75, 3.05) is 24.3 Å². The molecule has 0 fully saturated rings. The van der Waals surface area contributed by atoms with E-state index in [1.165, 1.54) is 0 Å². The van der Waals surface area contributed by atoms with Crippen LogP contribution in [0.1, 0.15) is 5.56 Å². The minimum absolute atomic E-state index is 0.0902. The maximum absolute atomic E-state index is 11.9. The summed E-state index contributed by atoms with van der Waals surface area (Å²) in [7, 11) is 1.61. The molecule has 110 valence electrons. The fraction of sp³-hybridized carbons (Fsp3) is 0.188. The number of amides is 1. The summed E-state index contributed by atoms with van der Waals surface area (Å²) in [5.41, 5.74) is 2.76. The van der Waals surface area contributed by atoms with Gasteiger partial charge in [0, 0.05) is 11.4 Å². The van der Waals surface area contributed by atoms with Crippen molar-refractivity contribution in [2.24, 2.45) is 0 Å². The van der Waals surface area contributed by atoms with Gasteiger partial charge in [0.05, 0.1) is 18.1 Å². The van der Waals surface area contributed by atoms with Crippen molar-refractivity contribution < 1.29 is 9.53 Å². The fourth-order valence-electron chi connectivity index (χ4n) is 1.89. The summed E-state index contributed by atoms with van der Waals surface area (Å²) in [6.07, 6.45) is 0. The van der Waals surface area contributed by atoms with E-state index < -0.39 is 0 Å². The summed E-state index contributed by atoms with van der Waals surface area (Å²) < 4.78 is 6.00. The summed E-state index contributed by atoms with van der Waals surface area (Å²) in [5.74, 6) is 0.664. The van der Waals surface area contributed by atoms with Gasteiger partial charge in [-0.1, -0.05) is 12.1 Å². The molecule has 2 rings (SSSR count). The van der Waals surface area contributed by atoms with Gasteiger partial charge in [-0.05, 0) is 58.7 Å². The number of rotatable bonds is 5. The molecule has 0 radical (unpaired) electrons. The Morgan fingerprint density at radius 3 is 2.67 bits per heavy atom. The first kappa shape index (κ1) is 15.4. The van der Waals surface area contributed by atoms with Gasteiger partial charge < -0.3 is 15.4 Å². The second kappa shape index (κ2) is 7.13. The van der Waals surface area contributed by atoms with Crippen LogP contribution in [0.3, 0.4) is 0 Å². The number of anilines is 2. The number of halogens is 1. The Morgan fingerprint density at radius 2 is 2.00 bits per heavy atom. The topological polar surface area (TPSA) is 50.4 Å². The van der Waals surface area contributed by atoms with Gasteiger partial charge in [-0.3, -0.25) is 4.79 Å². The summed E-state index contributed by atoms with van der Waals surface area (Å²) in [6.45, 7) is 2.19. The maximum atomic E-state index is 11.9. The standard InChI is InChI=1S/C16H17BrN2O2/c1-11-4-3-5-13(8-11)19-16(20)10-18-12-6-7-15(21-2)14(17)9-12/h3-9,18H,10H2,1-2H3,(H,19,20). The Hall–Kier alpha value is -2.01. The van der Waals surface area contributed by atoms with Crippen LogP contribution >= 0.6 is 15.9 Å². The van der Waals surface area contributed by atoms with Crippen LogP contribution in [0.2, 0.25) is 0 Å². The van der Waals surface area contributed by atoms with Gasteiger partial charge in [-0.15, -0.1) is 0 Å². The van der Waals surface area contributed by atoms with E-state index in [0.29, 0.717) is 0 Å². The molecule has 0 atom stereocenters. The molecule has 0 saturated carbocycles. The summed E-state index contributed by atoms with van der Waals surface area (Å²) in [5, 5.41) is 5.93. The number of hydrogen-bond donors (Lipinski definition) is 2. The zero-order valence-electron chi connectivity index (χ0n) is 11.9. The first-order valence-electron chi connectivity index (χ1n) is 6.52. The summed E-state index contributed by atoms with van der Waals surface area (Å²) in [4.78, 5) is 11.9. The molecule has 0 bridgehead atoms. The summed E-state index contributed by atoms with van der Waals surface area (Å²) >= 11 is 3.41. The van der Waals surface area contributed by atoms with Crippen molar-refractivity contribution >= 4 is 33.2 Å². The average Bonchev–Trinajstić information content (AvgIpc) is 2.45. The second-order valence-corrected chi connectivity index (χ2v) is 5.47. The zero-order valence-corrected chi connectivity index (χ0v) is 13.5. The molecule has 0 spiro atoms. The number of benzene rings is 2. The Labute approximate surface area is 132 Å². The van der Waals surface area contributed by atoms with E-state index in [1.807, 2.05) is 49.4 Å². The molecule has 2 N–H and O–H groups in total. The maximum Gasteiger partial charge on any atom is 0.243 e. The molecule has 1 amide bonds. The highest BCUT2D eigenvalue weighted by molar-refractivity contribution is 9.10. The predicted octanol–water partition coefficient (Wildman–Crippen LogP) is 3.82. The largest absolute Gasteiger partial charge is 0.496 e. The van der Waals surface area contributed by atoms with Gasteiger partial charge in [-0.25, -0.2) is 0 Å². The van der Waals surface area contributed by atoms with E-state index in [9.17, 15) is 4.79 Å². The van der Waals surface area contributed by atoms with Gasteiger partial charge in [0.15, 0.2) is 0 Å². The van der Waals surface area contributed by atoms with Crippen LogP contribution in [0.5, 0.6) is 5.75 Å². The van der Waals surface area contributed by atoms with Gasteiger partial charge in [0.2, 0.25) is 5.91 Å². The van der Waals surface area contributed by atoms with E-state index >= 15 is 0 Å². The zero-order chi connectivity index (χ0) is 15.2. The van der Waals surface area contributed by atoms with Crippen LogP contribution in [-0.2, 0) is 4.79 Å². The monoisotopic (exact) mass is 348 g/mol. The van der Waals surface area contributed by atoms with Crippen LogP contribution in [0, 0.1) is 6.92 Å². The van der Waals surface area contributed by atoms with E-state index in [-0.39, 0.29) is 12.5 Å². The highest BCUT2D eigenvalue weighted by atomic mass is 79.9. The number of methoxy groups -OCH3 is 1. The molecule has 0 saturated heterocycles. The fourth-order valence-corrected chi connectivity index (χ4v) is 2.43. The SMILES string of the molecule is COc1ccc(NCC(=O)Nc2cccc(C)c2)cc1Br. The quantitative estimate of drug-likeness (QED) is 0.863. The lowest BCUT2D eigenvalue weighted by molar-refractivity contribution is -0.114. The minimum Gasteiger partial charge on any atom is -0.496 e. The van der Waals surface area contributed by atoms with Crippen molar-refractivity contribution in [3.8, 4) is 5.75 Å². The smallest absolute Gasteiger partial charge is 0.243 e. The second-order valence-electron chi connectivity index (χ2n) is 4.62. The third kappa shape index (κ3) is 4.49. The number of aryl methyl sites for hydroxylation is 1. The molecule has 0 heterocycles. The summed E-state index contributed by atoms with van der Waals surface area (Å²) in [6, 6.07) is 13.3. The Morgan fingerprint density at radius 1 is 1.19 bits per heavy atom. The minimum atomic E-state index is -0.0902. The molecular formula is C16H17BrN2O2. The molecular weight excluding hydrogens is 332 g/mol. The van der Waals surface area contributed by atoms with E-state index in [4.69, 9.17) is 4.74 Å². The van der Waals surface area contributed by atoms with Crippen LogP contribution in [-0.4, -0.2) is 19.6 Å². The highest BCUT2D eigenvalue weighted by Crippen LogP contribution is 2.27. The van der Waals surface area contributed by atoms with Gasteiger partial charge in [-0.2, -0.15) is 0 Å². The molecule has 0 aliphatic heterocycles. The van der Waals surface area contributed by atoms with Crippen LogP contribution < -0.4 is 15.4 Å². The van der Waals surface area contributed by atoms with Crippen LogP contribution in [0.4, 0.5) is 11.4 Å². The third-order valence-electron chi connectivity index (χ3n) is 2.91.